The number of pyridine rings is 1. The van der Waals surface area contributed by atoms with Crippen molar-refractivity contribution in [1.82, 2.24) is 10.3 Å². The van der Waals surface area contributed by atoms with Gasteiger partial charge in [-0.25, -0.2) is 0 Å². The molecule has 0 aliphatic carbocycles. The molecule has 5 heteroatoms. The van der Waals surface area contributed by atoms with Gasteiger partial charge in [0, 0.05) is 33.8 Å². The Morgan fingerprint density at radius 1 is 1.14 bits per heavy atom. The minimum absolute atomic E-state index is 0.0262. The molecule has 0 saturated heterocycles. The summed E-state index contributed by atoms with van der Waals surface area (Å²) < 4.78 is 6.47. The van der Waals surface area contributed by atoms with E-state index < -0.39 is 0 Å². The van der Waals surface area contributed by atoms with E-state index in [9.17, 15) is 4.79 Å². The van der Waals surface area contributed by atoms with Gasteiger partial charge in [0.25, 0.3) is 5.91 Å². The maximum Gasteiger partial charge on any atom is 0.262 e. The van der Waals surface area contributed by atoms with Crippen LogP contribution in [0.3, 0.4) is 0 Å². The summed E-state index contributed by atoms with van der Waals surface area (Å²) in [4.78, 5) is 18.5. The van der Waals surface area contributed by atoms with E-state index in [0.717, 1.165) is 49.2 Å². The van der Waals surface area contributed by atoms with Crippen LogP contribution >= 0.6 is 11.3 Å². The number of hydrogen-bond acceptors (Lipinski definition) is 4. The number of hydrogen-bond donors (Lipinski definition) is 1. The van der Waals surface area contributed by atoms with Crippen molar-refractivity contribution in [1.29, 1.82) is 0 Å². The number of ether oxygens (including phenoxy) is 1. The Bertz CT molecular complexity index is 1170. The second-order valence-electron chi connectivity index (χ2n) is 7.49. The molecule has 29 heavy (non-hydrogen) atoms. The first-order valence-electron chi connectivity index (χ1n) is 9.81. The number of thiophene rings is 1. The number of amides is 1. The highest BCUT2D eigenvalue weighted by Gasteiger charge is 2.21. The van der Waals surface area contributed by atoms with E-state index >= 15 is 0 Å². The lowest BCUT2D eigenvalue weighted by Gasteiger charge is -2.08. The van der Waals surface area contributed by atoms with Crippen molar-refractivity contribution < 1.29 is 9.53 Å². The molecule has 0 saturated carbocycles. The van der Waals surface area contributed by atoms with E-state index in [0.29, 0.717) is 12.5 Å². The summed E-state index contributed by atoms with van der Waals surface area (Å²) in [7, 11) is 1.66. The van der Waals surface area contributed by atoms with E-state index in [1.165, 1.54) is 11.3 Å². The fourth-order valence-electron chi connectivity index (χ4n) is 3.44. The van der Waals surface area contributed by atoms with Crippen LogP contribution in [0.5, 0.6) is 5.75 Å². The van der Waals surface area contributed by atoms with Gasteiger partial charge < -0.3 is 10.1 Å². The van der Waals surface area contributed by atoms with Crippen molar-refractivity contribution >= 4 is 38.2 Å². The van der Waals surface area contributed by atoms with Gasteiger partial charge in [0.05, 0.1) is 12.6 Å². The Balaban J connectivity index is 1.90. The molecule has 0 aliphatic rings. The quantitative estimate of drug-likeness (QED) is 0.435. The molecule has 2 aromatic carbocycles. The average molecular weight is 405 g/mol. The van der Waals surface area contributed by atoms with Crippen molar-refractivity contribution in [3.8, 4) is 16.9 Å². The summed E-state index contributed by atoms with van der Waals surface area (Å²) in [5.41, 5.74) is 2.87. The number of carbonyl (C=O) groups excluding carboxylic acids is 1. The van der Waals surface area contributed by atoms with Crippen LogP contribution in [-0.4, -0.2) is 24.5 Å². The summed E-state index contributed by atoms with van der Waals surface area (Å²) in [5.74, 6) is 1.30. The maximum absolute atomic E-state index is 13.1. The molecule has 0 unspecified atom stereocenters. The third-order valence-electron chi connectivity index (χ3n) is 5.00. The lowest BCUT2D eigenvalue weighted by molar-refractivity contribution is 0.0956. The van der Waals surface area contributed by atoms with Crippen molar-refractivity contribution in [2.24, 2.45) is 5.92 Å². The Hall–Kier alpha value is -2.92. The van der Waals surface area contributed by atoms with Crippen LogP contribution in [0.2, 0.25) is 0 Å². The zero-order valence-corrected chi connectivity index (χ0v) is 17.7. The predicted molar refractivity (Wildman–Crippen MR) is 121 cm³/mol. The number of methoxy groups -OCH3 is 1. The Labute approximate surface area is 174 Å². The predicted octanol–water partition coefficient (Wildman–Crippen LogP) is 5.90. The number of nitrogens with one attached hydrogen (secondary N) is 1. The van der Waals surface area contributed by atoms with E-state index in [-0.39, 0.29) is 5.91 Å². The first kappa shape index (κ1) is 19.4. The number of nitrogens with zero attached hydrogens (tertiary/aromatic N) is 1. The topological polar surface area (TPSA) is 51.2 Å². The third-order valence-corrected chi connectivity index (χ3v) is 6.24. The highest BCUT2D eigenvalue weighted by molar-refractivity contribution is 7.22. The average Bonchev–Trinajstić information content (AvgIpc) is 3.14. The smallest absolute Gasteiger partial charge is 0.262 e. The number of fused-ring (bicyclic) bond motifs is 3. The molecular weight excluding hydrogens is 380 g/mol. The van der Waals surface area contributed by atoms with Crippen LogP contribution in [0.25, 0.3) is 32.1 Å². The minimum Gasteiger partial charge on any atom is -0.497 e. The minimum atomic E-state index is -0.0262. The second-order valence-corrected chi connectivity index (χ2v) is 8.52. The zero-order valence-electron chi connectivity index (χ0n) is 16.9. The van der Waals surface area contributed by atoms with Gasteiger partial charge in [0.15, 0.2) is 0 Å². The Morgan fingerprint density at radius 2 is 1.93 bits per heavy atom. The van der Waals surface area contributed by atoms with Crippen molar-refractivity contribution in [3.63, 3.8) is 0 Å². The zero-order chi connectivity index (χ0) is 20.4. The number of rotatable bonds is 6. The molecule has 0 spiro atoms. The van der Waals surface area contributed by atoms with Gasteiger partial charge in [-0.1, -0.05) is 44.2 Å². The van der Waals surface area contributed by atoms with Crippen LogP contribution in [0, 0.1) is 5.92 Å². The van der Waals surface area contributed by atoms with Crippen molar-refractivity contribution in [2.75, 3.05) is 13.7 Å². The van der Waals surface area contributed by atoms with Crippen LogP contribution in [0.1, 0.15) is 29.9 Å². The first-order chi connectivity index (χ1) is 14.1. The highest BCUT2D eigenvalue weighted by atomic mass is 32.1. The number of carbonyl (C=O) groups is 1. The monoisotopic (exact) mass is 404 g/mol. The van der Waals surface area contributed by atoms with E-state index in [2.05, 4.69) is 24.1 Å². The molecule has 4 nitrogen and oxygen atoms in total. The molecule has 0 aliphatic heterocycles. The van der Waals surface area contributed by atoms with E-state index in [1.807, 2.05) is 54.7 Å². The van der Waals surface area contributed by atoms with E-state index in [4.69, 9.17) is 4.74 Å². The lowest BCUT2D eigenvalue weighted by atomic mass is 10.0. The molecule has 0 radical (unpaired) electrons. The van der Waals surface area contributed by atoms with E-state index in [1.54, 1.807) is 7.11 Å². The van der Waals surface area contributed by atoms with Gasteiger partial charge in [0.2, 0.25) is 0 Å². The van der Waals surface area contributed by atoms with Crippen molar-refractivity contribution in [3.05, 3.63) is 59.6 Å². The summed E-state index contributed by atoms with van der Waals surface area (Å²) >= 11 is 1.53. The first-order valence-corrected chi connectivity index (χ1v) is 10.6. The standard InChI is InChI=1S/C24H24N2O2S/c1-15(2)11-12-25-24(27)23-21(16-7-5-4-6-8-16)19-14-26-20-10-9-17(28-3)13-18(20)22(19)29-23/h4-10,13-15H,11-12H2,1-3H3,(H,25,27). The number of aromatic nitrogens is 1. The fraction of sp³-hybridized carbons (Fsp3) is 0.250. The fourth-order valence-corrected chi connectivity index (χ4v) is 4.68. The second kappa shape index (κ2) is 8.21. The molecule has 2 aromatic heterocycles. The molecule has 4 aromatic rings. The maximum atomic E-state index is 13.1. The third kappa shape index (κ3) is 3.83. The molecular formula is C24H24N2O2S. The summed E-state index contributed by atoms with van der Waals surface area (Å²) in [6.45, 7) is 4.99. The van der Waals surface area contributed by atoms with Gasteiger partial charge >= 0.3 is 0 Å². The van der Waals surface area contributed by atoms with Crippen LogP contribution < -0.4 is 10.1 Å². The molecule has 4 rings (SSSR count). The van der Waals surface area contributed by atoms with Crippen LogP contribution in [0.4, 0.5) is 0 Å². The van der Waals surface area contributed by atoms with Crippen LogP contribution in [0.15, 0.2) is 54.7 Å². The van der Waals surface area contributed by atoms with Gasteiger partial charge in [-0.3, -0.25) is 9.78 Å². The molecule has 148 valence electrons. The Kier molecular flexibility index (Phi) is 5.49. The van der Waals surface area contributed by atoms with Gasteiger partial charge in [-0.2, -0.15) is 0 Å². The lowest BCUT2D eigenvalue weighted by Crippen LogP contribution is -2.24. The molecule has 2 heterocycles. The molecule has 1 amide bonds. The van der Waals surface area contributed by atoms with Crippen molar-refractivity contribution in [2.45, 2.75) is 20.3 Å². The van der Waals surface area contributed by atoms with Gasteiger partial charge in [0.1, 0.15) is 10.6 Å². The van der Waals surface area contributed by atoms with Crippen LogP contribution in [-0.2, 0) is 0 Å². The van der Waals surface area contributed by atoms with Gasteiger partial charge in [-0.05, 0) is 36.1 Å². The van der Waals surface area contributed by atoms with Gasteiger partial charge in [-0.15, -0.1) is 11.3 Å². The molecule has 1 N–H and O–H groups in total. The Morgan fingerprint density at radius 3 is 2.66 bits per heavy atom. The normalized spacial score (nSPS) is 11.3. The molecule has 0 atom stereocenters. The summed E-state index contributed by atoms with van der Waals surface area (Å²) in [5, 5.41) is 5.10. The molecule has 0 bridgehead atoms. The molecule has 0 fully saturated rings. The number of benzene rings is 2. The summed E-state index contributed by atoms with van der Waals surface area (Å²) in [6, 6.07) is 15.9. The largest absolute Gasteiger partial charge is 0.497 e. The SMILES string of the molecule is COc1ccc2ncc3c(-c4ccccc4)c(C(=O)NCCC(C)C)sc3c2c1. The summed E-state index contributed by atoms with van der Waals surface area (Å²) in [6.07, 6.45) is 2.84. The highest BCUT2D eigenvalue weighted by Crippen LogP contribution is 2.42.